The lowest BCUT2D eigenvalue weighted by Gasteiger charge is -2.25. The average Bonchev–Trinajstić information content (AvgIpc) is 0.931. The number of nitrogen functional groups attached to an aromatic ring is 2. The van der Waals surface area contributed by atoms with Crippen molar-refractivity contribution in [3.05, 3.63) is 269 Å². The smallest absolute Gasteiger partial charge is 0.346 e. The molecule has 3 heterocycles. The molecule has 0 bridgehead atoms. The molecule has 0 saturated heterocycles. The number of anilines is 2. The summed E-state index contributed by atoms with van der Waals surface area (Å²) in [5.41, 5.74) is 20.1. The summed E-state index contributed by atoms with van der Waals surface area (Å²) in [6, 6.07) is 47.5. The van der Waals surface area contributed by atoms with Gasteiger partial charge >= 0.3 is 23.9 Å². The van der Waals surface area contributed by atoms with Crippen LogP contribution in [0.4, 0.5) is 11.4 Å². The van der Waals surface area contributed by atoms with Crippen LogP contribution in [0.3, 0.4) is 0 Å². The van der Waals surface area contributed by atoms with Gasteiger partial charge in [-0.2, -0.15) is 0 Å². The summed E-state index contributed by atoms with van der Waals surface area (Å²) in [6.45, 7) is 0. The van der Waals surface area contributed by atoms with Crippen LogP contribution in [0, 0.1) is 0 Å². The van der Waals surface area contributed by atoms with Crippen molar-refractivity contribution in [3.63, 3.8) is 0 Å². The van der Waals surface area contributed by atoms with Gasteiger partial charge < -0.3 is 26.3 Å². The molecule has 11 aromatic carbocycles. The van der Waals surface area contributed by atoms with Gasteiger partial charge in [0.15, 0.2) is 28.9 Å². The maximum Gasteiger partial charge on any atom is 0.346 e. The summed E-state index contributed by atoms with van der Waals surface area (Å²) in [4.78, 5) is 128. The summed E-state index contributed by atoms with van der Waals surface area (Å²) in [5, 5.41) is 10.1. The molecule has 5 N–H and O–H groups in total. The van der Waals surface area contributed by atoms with Gasteiger partial charge in [-0.15, -0.1) is 0 Å². The van der Waals surface area contributed by atoms with Crippen molar-refractivity contribution in [1.82, 2.24) is 5.32 Å². The normalized spacial score (nSPS) is 15.2. The number of Topliss-reactive ketones (excluding diaryl/α,β-unsaturated/α-hetero) is 1. The number of benzene rings is 11. The van der Waals surface area contributed by atoms with Gasteiger partial charge in [-0.3, -0.25) is 28.8 Å². The second-order valence-corrected chi connectivity index (χ2v) is 22.4. The number of nitrogens with one attached hydrogen (secondary N) is 1. The molecule has 0 spiro atoms. The second kappa shape index (κ2) is 19.5. The van der Waals surface area contributed by atoms with E-state index in [1.165, 1.54) is 0 Å². The third kappa shape index (κ3) is 7.70. The van der Waals surface area contributed by atoms with E-state index in [2.05, 4.69) is 5.32 Å². The molecule has 3 aliphatic carbocycles. The molecule has 0 atom stereocenters. The van der Waals surface area contributed by atoms with Gasteiger partial charge in [-0.25, -0.2) is 19.2 Å². The highest BCUT2D eigenvalue weighted by Gasteiger charge is 2.42. The number of fused-ring (bicyclic) bond motifs is 7. The van der Waals surface area contributed by atoms with Crippen LogP contribution in [0.1, 0.15) is 123 Å². The first-order valence-electron chi connectivity index (χ1n) is 27.3. The zero-order valence-electron chi connectivity index (χ0n) is 45.2. The molecule has 15 nitrogen and oxygen atoms in total. The number of amides is 1. The predicted octanol–water partition coefficient (Wildman–Crippen LogP) is 12.7. The van der Waals surface area contributed by atoms with Crippen LogP contribution in [-0.2, 0) is 19.1 Å². The van der Waals surface area contributed by atoms with Crippen molar-refractivity contribution in [2.24, 2.45) is 0 Å². The molecule has 0 unspecified atom stereocenters. The number of hydrogen-bond acceptors (Lipinski definition) is 14. The molecular formula is C71H35Cl2N3O12. The predicted molar refractivity (Wildman–Crippen MR) is 329 cm³/mol. The Kier molecular flexibility index (Phi) is 11.8. The van der Waals surface area contributed by atoms with Crippen LogP contribution in [0.25, 0.3) is 65.5 Å². The van der Waals surface area contributed by atoms with Crippen molar-refractivity contribution in [1.29, 1.82) is 0 Å². The van der Waals surface area contributed by atoms with Crippen molar-refractivity contribution < 1.29 is 57.4 Å². The fourth-order valence-electron chi connectivity index (χ4n) is 13.0. The Morgan fingerprint density at radius 3 is 1.06 bits per heavy atom. The number of carbonyl (C=O) groups excluding carboxylic acids is 10. The SMILES string of the molecule is Nc1ccc(-c2ccc(N)c3c2C(=O)c2ccccc2C3=O)c2c1C(=O)c1ccccc1C2=O.O=C1CC(c2ccc(Cl)cc2)=C2C(=O)NC(c3ccc(Cl)cc3)=C12.O=C1OC(=O)c2ccc3c4ccc5c6c(ccc(c7ccc1c2c73)c64)C(=O)OC5=O. The lowest BCUT2D eigenvalue weighted by molar-refractivity contribution is -0.116. The maximum atomic E-state index is 13.6. The highest BCUT2D eigenvalue weighted by atomic mass is 35.5. The summed E-state index contributed by atoms with van der Waals surface area (Å²) in [7, 11) is 0. The minimum Gasteiger partial charge on any atom is -0.398 e. The van der Waals surface area contributed by atoms with Crippen molar-refractivity contribution >= 4 is 148 Å². The first kappa shape index (κ1) is 53.2. The number of esters is 4. The van der Waals surface area contributed by atoms with Crippen LogP contribution in [0.2, 0.25) is 10.0 Å². The van der Waals surface area contributed by atoms with Gasteiger partial charge in [0.1, 0.15) is 0 Å². The van der Waals surface area contributed by atoms with Crippen molar-refractivity contribution in [2.75, 3.05) is 11.5 Å². The number of ether oxygens (including phenoxy) is 2. The van der Waals surface area contributed by atoms with Gasteiger partial charge in [0.25, 0.3) is 5.91 Å². The van der Waals surface area contributed by atoms with E-state index in [1.807, 2.05) is 36.4 Å². The largest absolute Gasteiger partial charge is 0.398 e. The van der Waals surface area contributed by atoms with E-state index in [0.717, 1.165) is 49.0 Å². The first-order valence-corrected chi connectivity index (χ1v) is 28.0. The molecule has 0 radical (unpaired) electrons. The van der Waals surface area contributed by atoms with Gasteiger partial charge in [-0.05, 0) is 121 Å². The summed E-state index contributed by atoms with van der Waals surface area (Å²) in [5.74, 6) is -4.42. The molecule has 11 aromatic rings. The molecule has 6 aliphatic rings. The van der Waals surface area contributed by atoms with E-state index in [4.69, 9.17) is 44.1 Å². The molecule has 1 amide bonds. The minimum absolute atomic E-state index is 0.0572. The lowest BCUT2D eigenvalue weighted by Crippen LogP contribution is -2.25. The Labute approximate surface area is 505 Å². The van der Waals surface area contributed by atoms with Crippen LogP contribution in [0.5, 0.6) is 0 Å². The number of nitrogens with two attached hydrogens (primary N) is 2. The topological polar surface area (TPSA) is 253 Å². The Morgan fingerprint density at radius 2 is 0.682 bits per heavy atom. The van der Waals surface area contributed by atoms with Gasteiger partial charge in [0.05, 0.1) is 50.2 Å². The number of ketones is 5. The number of allylic oxidation sites excluding steroid dienone is 1. The Bertz CT molecular complexity index is 4880. The van der Waals surface area contributed by atoms with Gasteiger partial charge in [-0.1, -0.05) is 132 Å². The molecule has 0 saturated carbocycles. The van der Waals surface area contributed by atoms with Crippen molar-refractivity contribution in [3.8, 4) is 11.1 Å². The average molecular weight is 1190 g/mol. The monoisotopic (exact) mass is 1190 g/mol. The summed E-state index contributed by atoms with van der Waals surface area (Å²) in [6.07, 6.45) is 0.219. The quantitative estimate of drug-likeness (QED) is 0.0489. The third-order valence-electron chi connectivity index (χ3n) is 16.9. The number of hydrogen-bond donors (Lipinski definition) is 3. The fourth-order valence-corrected chi connectivity index (χ4v) is 13.3. The Hall–Kier alpha value is -11.5. The van der Waals surface area contributed by atoms with Crippen LogP contribution < -0.4 is 16.8 Å². The van der Waals surface area contributed by atoms with Gasteiger partial charge in [0.2, 0.25) is 0 Å². The van der Waals surface area contributed by atoms with E-state index in [9.17, 15) is 47.9 Å². The summed E-state index contributed by atoms with van der Waals surface area (Å²) < 4.78 is 9.74. The van der Waals surface area contributed by atoms with Gasteiger partial charge in [0, 0.05) is 72.0 Å². The highest BCUT2D eigenvalue weighted by molar-refractivity contribution is 6.41. The second-order valence-electron chi connectivity index (χ2n) is 21.5. The highest BCUT2D eigenvalue weighted by Crippen LogP contribution is 2.48. The molecule has 3 aliphatic heterocycles. The van der Waals surface area contributed by atoms with E-state index in [1.54, 1.807) is 133 Å². The molecular weight excluding hydrogens is 1160 g/mol. The van der Waals surface area contributed by atoms with Crippen LogP contribution >= 0.6 is 23.2 Å². The van der Waals surface area contributed by atoms with Crippen molar-refractivity contribution in [2.45, 2.75) is 6.42 Å². The number of rotatable bonds is 3. The molecule has 420 valence electrons. The number of cyclic esters (lactones) is 4. The molecule has 0 aromatic heterocycles. The van der Waals surface area contributed by atoms with E-state index in [0.29, 0.717) is 71.0 Å². The zero-order chi connectivity index (χ0) is 60.9. The van der Waals surface area contributed by atoms with Crippen LogP contribution in [0.15, 0.2) is 181 Å². The maximum absolute atomic E-state index is 13.6. The standard InChI is InChI=1S/C28H16N2O4.C24H8O6.C19H11Cl2NO2/c29-19-11-9-13(21-23(19)27(33)17-7-3-1-5-15(17)25(21)31)14-10-12-20(30)24-22(14)26(32)16-6-2-4-8-18(16)28(24)34;25-21-13-5-1-9-10-2-6-15-20-16(24(28)30-23(15)27)8-4-12(18(10)20)11-3-7-14(22(26)29-21)19(13)17(9)11;20-12-5-1-10(2-6-12)14-9-15(23)17-16(14)19(24)22-18(17)11-3-7-13(21)8-4-11/h1-12H,29-30H2;1-8H;1-8H,9H2,(H,22,24). The Morgan fingerprint density at radius 1 is 0.341 bits per heavy atom. The van der Waals surface area contributed by atoms with Crippen LogP contribution in [-0.4, -0.2) is 58.7 Å². The first-order chi connectivity index (χ1) is 42.5. The molecule has 17 rings (SSSR count). The van der Waals surface area contributed by atoms with E-state index in [-0.39, 0.29) is 97.1 Å². The number of carbonyl (C=O) groups is 10. The Balaban J connectivity index is 0.000000113. The van der Waals surface area contributed by atoms with E-state index >= 15 is 0 Å². The third-order valence-corrected chi connectivity index (χ3v) is 17.4. The fraction of sp³-hybridized carbons (Fsp3) is 0.0141. The molecule has 88 heavy (non-hydrogen) atoms. The summed E-state index contributed by atoms with van der Waals surface area (Å²) >= 11 is 11.8. The lowest BCUT2D eigenvalue weighted by atomic mass is 9.76. The minimum atomic E-state index is -0.666. The molecule has 0 fully saturated rings. The molecule has 17 heteroatoms. The zero-order valence-corrected chi connectivity index (χ0v) is 46.7. The van der Waals surface area contributed by atoms with E-state index < -0.39 is 23.9 Å². The number of halogens is 2.